The summed E-state index contributed by atoms with van der Waals surface area (Å²) in [6.07, 6.45) is 5.49. The first-order valence-electron chi connectivity index (χ1n) is 6.80. The fourth-order valence-corrected chi connectivity index (χ4v) is 2.13. The van der Waals surface area contributed by atoms with Gasteiger partial charge in [0.15, 0.2) is 0 Å². The van der Waals surface area contributed by atoms with Gasteiger partial charge in [-0.25, -0.2) is 4.79 Å². The number of rotatable bonds is 7. The first kappa shape index (κ1) is 15.8. The molecule has 0 spiro atoms. The summed E-state index contributed by atoms with van der Waals surface area (Å²) in [6.45, 7) is 4.08. The van der Waals surface area contributed by atoms with Crippen molar-refractivity contribution in [2.24, 2.45) is 0 Å². The zero-order valence-electron chi connectivity index (χ0n) is 11.6. The summed E-state index contributed by atoms with van der Waals surface area (Å²) in [5, 5.41) is 0.336. The number of nitrogens with two attached hydrogens (primary N) is 1. The molecule has 0 radical (unpaired) electrons. The highest BCUT2D eigenvalue weighted by molar-refractivity contribution is 6.33. The molecule has 19 heavy (non-hydrogen) atoms. The maximum Gasteiger partial charge on any atom is 0.339 e. The van der Waals surface area contributed by atoms with E-state index in [-0.39, 0.29) is 12.1 Å². The number of anilines is 1. The minimum atomic E-state index is -0.381. The normalized spacial score (nSPS) is 12.2. The molecular weight excluding hydrogens is 262 g/mol. The molecule has 0 saturated carbocycles. The Bertz CT molecular complexity index is 421. The molecular formula is C15H22ClNO2. The van der Waals surface area contributed by atoms with E-state index in [1.807, 2.05) is 6.92 Å². The van der Waals surface area contributed by atoms with Crippen molar-refractivity contribution >= 4 is 23.3 Å². The molecule has 1 unspecified atom stereocenters. The van der Waals surface area contributed by atoms with Gasteiger partial charge in [-0.05, 0) is 38.0 Å². The number of hydrogen-bond acceptors (Lipinski definition) is 3. The van der Waals surface area contributed by atoms with E-state index in [9.17, 15) is 4.79 Å². The molecule has 1 aromatic carbocycles. The third-order valence-corrected chi connectivity index (χ3v) is 3.30. The van der Waals surface area contributed by atoms with E-state index < -0.39 is 0 Å². The van der Waals surface area contributed by atoms with Crippen molar-refractivity contribution in [1.29, 1.82) is 0 Å². The lowest BCUT2D eigenvalue weighted by Gasteiger charge is -2.13. The van der Waals surface area contributed by atoms with Gasteiger partial charge in [-0.1, -0.05) is 37.8 Å². The predicted octanol–water partition coefficient (Wildman–Crippen LogP) is 4.44. The van der Waals surface area contributed by atoms with Gasteiger partial charge in [0, 0.05) is 5.69 Å². The second-order valence-electron chi connectivity index (χ2n) is 4.80. The van der Waals surface area contributed by atoms with Gasteiger partial charge in [-0.3, -0.25) is 0 Å². The van der Waals surface area contributed by atoms with Crippen LogP contribution in [0.2, 0.25) is 5.02 Å². The number of carbonyl (C=O) groups is 1. The van der Waals surface area contributed by atoms with Crippen molar-refractivity contribution in [3.8, 4) is 0 Å². The molecule has 0 aliphatic heterocycles. The summed E-state index contributed by atoms with van der Waals surface area (Å²) in [7, 11) is 0. The second kappa shape index (κ2) is 8.05. The molecule has 3 nitrogen and oxygen atoms in total. The van der Waals surface area contributed by atoms with Crippen molar-refractivity contribution in [2.45, 2.75) is 52.1 Å². The number of nitrogen functional groups attached to an aromatic ring is 1. The quantitative estimate of drug-likeness (QED) is 0.457. The molecule has 0 saturated heterocycles. The predicted molar refractivity (Wildman–Crippen MR) is 79.5 cm³/mol. The van der Waals surface area contributed by atoms with E-state index >= 15 is 0 Å². The summed E-state index contributed by atoms with van der Waals surface area (Å²) in [5.74, 6) is -0.381. The summed E-state index contributed by atoms with van der Waals surface area (Å²) in [6, 6.07) is 4.81. The highest BCUT2D eigenvalue weighted by Crippen LogP contribution is 2.21. The fraction of sp³-hybridized carbons (Fsp3) is 0.533. The number of carbonyl (C=O) groups excluding carboxylic acids is 1. The van der Waals surface area contributed by atoms with E-state index in [4.69, 9.17) is 22.1 Å². The third-order valence-electron chi connectivity index (χ3n) is 2.99. The lowest BCUT2D eigenvalue weighted by Crippen LogP contribution is -2.15. The van der Waals surface area contributed by atoms with Gasteiger partial charge in [0.05, 0.1) is 16.7 Å². The Morgan fingerprint density at radius 2 is 2.11 bits per heavy atom. The molecule has 0 fully saturated rings. The third kappa shape index (κ3) is 5.52. The molecule has 1 rings (SSSR count). The summed E-state index contributed by atoms with van der Waals surface area (Å²) in [4.78, 5) is 11.9. The molecule has 0 bridgehead atoms. The molecule has 0 aliphatic carbocycles. The largest absolute Gasteiger partial charge is 0.459 e. The minimum Gasteiger partial charge on any atom is -0.459 e. The van der Waals surface area contributed by atoms with Gasteiger partial charge in [-0.2, -0.15) is 0 Å². The Balaban J connectivity index is 2.45. The number of ether oxygens (including phenoxy) is 1. The molecule has 2 N–H and O–H groups in total. The van der Waals surface area contributed by atoms with E-state index in [2.05, 4.69) is 6.92 Å². The molecule has 1 atom stereocenters. The highest BCUT2D eigenvalue weighted by Gasteiger charge is 2.15. The maximum atomic E-state index is 11.9. The second-order valence-corrected chi connectivity index (χ2v) is 5.21. The van der Waals surface area contributed by atoms with Crippen LogP contribution in [-0.2, 0) is 4.74 Å². The van der Waals surface area contributed by atoms with Crippen LogP contribution in [0.4, 0.5) is 5.69 Å². The Kier molecular flexibility index (Phi) is 6.71. The highest BCUT2D eigenvalue weighted by atomic mass is 35.5. The lowest BCUT2D eigenvalue weighted by atomic mass is 10.1. The minimum absolute atomic E-state index is 0.0852. The molecule has 0 aliphatic rings. The Labute approximate surface area is 120 Å². The van der Waals surface area contributed by atoms with E-state index in [1.165, 1.54) is 19.3 Å². The average Bonchev–Trinajstić information content (AvgIpc) is 2.34. The molecule has 1 aromatic rings. The van der Waals surface area contributed by atoms with Crippen LogP contribution in [0.25, 0.3) is 0 Å². The first-order valence-corrected chi connectivity index (χ1v) is 7.18. The fourth-order valence-electron chi connectivity index (χ4n) is 1.86. The number of benzene rings is 1. The Hall–Kier alpha value is -1.22. The Morgan fingerprint density at radius 1 is 1.37 bits per heavy atom. The molecule has 0 aromatic heterocycles. The monoisotopic (exact) mass is 283 g/mol. The van der Waals surface area contributed by atoms with Gasteiger partial charge in [0.25, 0.3) is 0 Å². The van der Waals surface area contributed by atoms with Crippen molar-refractivity contribution in [3.63, 3.8) is 0 Å². The molecule has 106 valence electrons. The van der Waals surface area contributed by atoms with Crippen LogP contribution >= 0.6 is 11.6 Å². The standard InChI is InChI=1S/C15H22ClNO2/c1-3-4-5-6-7-11(2)19-15(18)13-9-8-12(17)10-14(13)16/h8-11H,3-7,17H2,1-2H3. The van der Waals surface area contributed by atoms with E-state index in [1.54, 1.807) is 18.2 Å². The summed E-state index contributed by atoms with van der Waals surface area (Å²) < 4.78 is 5.37. The van der Waals surface area contributed by atoms with Crippen LogP contribution in [0.1, 0.15) is 56.3 Å². The van der Waals surface area contributed by atoms with Crippen LogP contribution < -0.4 is 5.73 Å². The zero-order chi connectivity index (χ0) is 14.3. The smallest absolute Gasteiger partial charge is 0.339 e. The van der Waals surface area contributed by atoms with E-state index in [0.29, 0.717) is 16.3 Å². The van der Waals surface area contributed by atoms with Crippen LogP contribution in [0, 0.1) is 0 Å². The number of halogens is 1. The van der Waals surface area contributed by atoms with Crippen molar-refractivity contribution < 1.29 is 9.53 Å². The van der Waals surface area contributed by atoms with Gasteiger partial charge in [0.1, 0.15) is 0 Å². The van der Waals surface area contributed by atoms with Gasteiger partial charge in [-0.15, -0.1) is 0 Å². The molecule has 0 amide bonds. The van der Waals surface area contributed by atoms with Crippen LogP contribution in [-0.4, -0.2) is 12.1 Å². The van der Waals surface area contributed by atoms with Crippen LogP contribution in [0.5, 0.6) is 0 Å². The summed E-state index contributed by atoms with van der Waals surface area (Å²) >= 11 is 5.97. The van der Waals surface area contributed by atoms with Gasteiger partial charge < -0.3 is 10.5 Å². The SMILES string of the molecule is CCCCCCC(C)OC(=O)c1ccc(N)cc1Cl. The molecule has 4 heteroatoms. The number of esters is 1. The average molecular weight is 284 g/mol. The Morgan fingerprint density at radius 3 is 2.74 bits per heavy atom. The first-order chi connectivity index (χ1) is 9.04. The lowest BCUT2D eigenvalue weighted by molar-refractivity contribution is 0.0319. The van der Waals surface area contributed by atoms with Gasteiger partial charge in [0.2, 0.25) is 0 Å². The number of unbranched alkanes of at least 4 members (excludes halogenated alkanes) is 3. The van der Waals surface area contributed by atoms with Crippen LogP contribution in [0.15, 0.2) is 18.2 Å². The van der Waals surface area contributed by atoms with Crippen molar-refractivity contribution in [2.75, 3.05) is 5.73 Å². The van der Waals surface area contributed by atoms with Crippen molar-refractivity contribution in [1.82, 2.24) is 0 Å². The molecule has 0 heterocycles. The van der Waals surface area contributed by atoms with Crippen LogP contribution in [0.3, 0.4) is 0 Å². The van der Waals surface area contributed by atoms with Gasteiger partial charge >= 0.3 is 5.97 Å². The topological polar surface area (TPSA) is 52.3 Å². The van der Waals surface area contributed by atoms with Crippen molar-refractivity contribution in [3.05, 3.63) is 28.8 Å². The van der Waals surface area contributed by atoms with E-state index in [0.717, 1.165) is 12.8 Å². The number of hydrogen-bond donors (Lipinski definition) is 1. The zero-order valence-corrected chi connectivity index (χ0v) is 12.4. The summed E-state index contributed by atoms with van der Waals surface area (Å²) in [5.41, 5.74) is 6.49. The maximum absolute atomic E-state index is 11.9.